The van der Waals surface area contributed by atoms with Gasteiger partial charge in [0.2, 0.25) is 15.9 Å². The Morgan fingerprint density at radius 3 is 2.41 bits per heavy atom. The maximum atomic E-state index is 12.3. The van der Waals surface area contributed by atoms with Crippen LogP contribution >= 0.6 is 0 Å². The molecule has 7 nitrogen and oxygen atoms in total. The lowest BCUT2D eigenvalue weighted by Crippen LogP contribution is -2.40. The van der Waals surface area contributed by atoms with Crippen molar-refractivity contribution in [2.75, 3.05) is 30.3 Å². The second-order valence-electron chi connectivity index (χ2n) is 6.36. The summed E-state index contributed by atoms with van der Waals surface area (Å²) in [6.45, 7) is 2.85. The van der Waals surface area contributed by atoms with Crippen LogP contribution in [-0.4, -0.2) is 40.3 Å². The number of sulfonamides is 1. The molecular formula is C19H22N2O5S. The number of fused-ring (bicyclic) bond motifs is 1. The topological polar surface area (TPSA) is 84.9 Å². The summed E-state index contributed by atoms with van der Waals surface area (Å²) in [4.78, 5) is 12.3. The minimum atomic E-state index is -3.65. The molecule has 1 aliphatic rings. The average molecular weight is 390 g/mol. The number of rotatable bonds is 6. The monoisotopic (exact) mass is 390 g/mol. The molecule has 0 fully saturated rings. The molecule has 2 aromatic carbocycles. The molecular weight excluding hydrogens is 368 g/mol. The number of amides is 1. The first-order valence-electron chi connectivity index (χ1n) is 8.52. The van der Waals surface area contributed by atoms with E-state index in [2.05, 4.69) is 5.32 Å². The van der Waals surface area contributed by atoms with Gasteiger partial charge in [0, 0.05) is 12.6 Å². The quantitative estimate of drug-likeness (QED) is 0.814. The van der Waals surface area contributed by atoms with Gasteiger partial charge in [0.25, 0.3) is 0 Å². The Kier molecular flexibility index (Phi) is 5.55. The third kappa shape index (κ3) is 4.91. The molecule has 2 aromatic rings. The van der Waals surface area contributed by atoms with Crippen LogP contribution in [0.5, 0.6) is 11.5 Å². The van der Waals surface area contributed by atoms with Crippen molar-refractivity contribution < 1.29 is 22.7 Å². The second kappa shape index (κ2) is 7.87. The molecule has 1 N–H and O–H groups in total. The fourth-order valence-electron chi connectivity index (χ4n) is 2.68. The SMILES string of the molecule is Cc1ccc(CNC(=O)CN(c2ccc3c(c2)OCCO3)S(C)(=O)=O)cc1. The number of benzene rings is 2. The lowest BCUT2D eigenvalue weighted by Gasteiger charge is -2.24. The van der Waals surface area contributed by atoms with E-state index in [1.807, 2.05) is 31.2 Å². The van der Waals surface area contributed by atoms with Crippen LogP contribution in [0, 0.1) is 6.92 Å². The van der Waals surface area contributed by atoms with Crippen molar-refractivity contribution in [2.45, 2.75) is 13.5 Å². The highest BCUT2D eigenvalue weighted by Crippen LogP contribution is 2.34. The minimum Gasteiger partial charge on any atom is -0.486 e. The van der Waals surface area contributed by atoms with Crippen LogP contribution in [0.1, 0.15) is 11.1 Å². The van der Waals surface area contributed by atoms with Crippen LogP contribution in [0.15, 0.2) is 42.5 Å². The molecule has 144 valence electrons. The number of ether oxygens (including phenoxy) is 2. The van der Waals surface area contributed by atoms with E-state index in [0.29, 0.717) is 36.9 Å². The fraction of sp³-hybridized carbons (Fsp3) is 0.316. The van der Waals surface area contributed by atoms with E-state index < -0.39 is 15.9 Å². The zero-order valence-electron chi connectivity index (χ0n) is 15.3. The Morgan fingerprint density at radius 1 is 1.07 bits per heavy atom. The van der Waals surface area contributed by atoms with Gasteiger partial charge in [-0.15, -0.1) is 0 Å². The molecule has 1 aliphatic heterocycles. The Bertz CT molecular complexity index is 926. The largest absolute Gasteiger partial charge is 0.486 e. The molecule has 1 heterocycles. The highest BCUT2D eigenvalue weighted by Gasteiger charge is 2.23. The summed E-state index contributed by atoms with van der Waals surface area (Å²) in [5.41, 5.74) is 2.43. The zero-order chi connectivity index (χ0) is 19.4. The molecule has 0 atom stereocenters. The predicted molar refractivity (Wildman–Crippen MR) is 103 cm³/mol. The molecule has 0 saturated heterocycles. The van der Waals surface area contributed by atoms with E-state index in [0.717, 1.165) is 21.7 Å². The van der Waals surface area contributed by atoms with E-state index in [9.17, 15) is 13.2 Å². The summed E-state index contributed by atoms with van der Waals surface area (Å²) >= 11 is 0. The van der Waals surface area contributed by atoms with Crippen molar-refractivity contribution in [2.24, 2.45) is 0 Å². The summed E-state index contributed by atoms with van der Waals surface area (Å²) < 4.78 is 36.4. The number of nitrogens with zero attached hydrogens (tertiary/aromatic N) is 1. The van der Waals surface area contributed by atoms with Crippen molar-refractivity contribution in [1.29, 1.82) is 0 Å². The highest BCUT2D eigenvalue weighted by atomic mass is 32.2. The van der Waals surface area contributed by atoms with Crippen LogP contribution in [0.3, 0.4) is 0 Å². The standard InChI is InChI=1S/C19H22N2O5S/c1-14-3-5-15(6-4-14)12-20-19(22)13-21(27(2,23)24)16-7-8-17-18(11-16)26-10-9-25-17/h3-8,11H,9-10,12-13H2,1-2H3,(H,20,22). The molecule has 0 aromatic heterocycles. The van der Waals surface area contributed by atoms with E-state index >= 15 is 0 Å². The molecule has 0 aliphatic carbocycles. The number of aryl methyl sites for hydroxylation is 1. The Morgan fingerprint density at radius 2 is 1.74 bits per heavy atom. The summed E-state index contributed by atoms with van der Waals surface area (Å²) in [7, 11) is -3.65. The Hall–Kier alpha value is -2.74. The van der Waals surface area contributed by atoms with Gasteiger partial charge < -0.3 is 14.8 Å². The van der Waals surface area contributed by atoms with Gasteiger partial charge in [-0.25, -0.2) is 8.42 Å². The van der Waals surface area contributed by atoms with Crippen LogP contribution in [0.2, 0.25) is 0 Å². The lowest BCUT2D eigenvalue weighted by molar-refractivity contribution is -0.119. The van der Waals surface area contributed by atoms with Gasteiger partial charge in [-0.05, 0) is 24.6 Å². The number of nitrogens with one attached hydrogen (secondary N) is 1. The van der Waals surface area contributed by atoms with Crippen LogP contribution in [0.4, 0.5) is 5.69 Å². The summed E-state index contributed by atoms with van der Waals surface area (Å²) in [5, 5.41) is 2.75. The molecule has 1 amide bonds. The smallest absolute Gasteiger partial charge is 0.241 e. The highest BCUT2D eigenvalue weighted by molar-refractivity contribution is 7.92. The van der Waals surface area contributed by atoms with Crippen LogP contribution in [-0.2, 0) is 21.4 Å². The number of hydrogen-bond acceptors (Lipinski definition) is 5. The van der Waals surface area contributed by atoms with Gasteiger partial charge in [-0.1, -0.05) is 29.8 Å². The van der Waals surface area contributed by atoms with Gasteiger partial charge in [0.1, 0.15) is 19.8 Å². The molecule has 8 heteroatoms. The summed E-state index contributed by atoms with van der Waals surface area (Å²) in [6.07, 6.45) is 1.07. The maximum Gasteiger partial charge on any atom is 0.241 e. The first kappa shape index (κ1) is 19.0. The van der Waals surface area contributed by atoms with Crippen molar-refractivity contribution in [3.63, 3.8) is 0 Å². The molecule has 27 heavy (non-hydrogen) atoms. The molecule has 0 unspecified atom stereocenters. The van der Waals surface area contributed by atoms with Crippen molar-refractivity contribution in [1.82, 2.24) is 5.32 Å². The number of anilines is 1. The number of carbonyl (C=O) groups is 1. The van der Waals surface area contributed by atoms with Crippen LogP contribution < -0.4 is 19.1 Å². The van der Waals surface area contributed by atoms with Gasteiger partial charge in [0.05, 0.1) is 11.9 Å². The molecule has 0 spiro atoms. The van der Waals surface area contributed by atoms with E-state index in [1.54, 1.807) is 18.2 Å². The molecule has 0 saturated carbocycles. The second-order valence-corrected chi connectivity index (χ2v) is 8.27. The molecule has 0 bridgehead atoms. The maximum absolute atomic E-state index is 12.3. The summed E-state index contributed by atoms with van der Waals surface area (Å²) in [6, 6.07) is 12.6. The van der Waals surface area contributed by atoms with Gasteiger partial charge in [-0.3, -0.25) is 9.10 Å². The molecule has 3 rings (SSSR count). The third-order valence-electron chi connectivity index (χ3n) is 4.11. The summed E-state index contributed by atoms with van der Waals surface area (Å²) in [5.74, 6) is 0.630. The van der Waals surface area contributed by atoms with Crippen molar-refractivity contribution in [3.05, 3.63) is 53.6 Å². The minimum absolute atomic E-state index is 0.315. The normalized spacial score (nSPS) is 13.1. The number of carbonyl (C=O) groups excluding carboxylic acids is 1. The van der Waals surface area contributed by atoms with Gasteiger partial charge in [0.15, 0.2) is 11.5 Å². The zero-order valence-corrected chi connectivity index (χ0v) is 16.1. The lowest BCUT2D eigenvalue weighted by atomic mass is 10.1. The number of hydrogen-bond donors (Lipinski definition) is 1. The van der Waals surface area contributed by atoms with Crippen molar-refractivity contribution in [3.8, 4) is 11.5 Å². The first-order valence-corrected chi connectivity index (χ1v) is 10.4. The Labute approximate surface area is 158 Å². The van der Waals surface area contributed by atoms with E-state index in [4.69, 9.17) is 9.47 Å². The Balaban J connectivity index is 1.71. The van der Waals surface area contributed by atoms with Gasteiger partial charge >= 0.3 is 0 Å². The van der Waals surface area contributed by atoms with Crippen LogP contribution in [0.25, 0.3) is 0 Å². The van der Waals surface area contributed by atoms with E-state index in [-0.39, 0.29) is 6.54 Å². The molecule has 0 radical (unpaired) electrons. The van der Waals surface area contributed by atoms with E-state index in [1.165, 1.54) is 0 Å². The fourth-order valence-corrected chi connectivity index (χ4v) is 3.53. The first-order chi connectivity index (χ1) is 12.8. The van der Waals surface area contributed by atoms with Gasteiger partial charge in [-0.2, -0.15) is 0 Å². The predicted octanol–water partition coefficient (Wildman–Crippen LogP) is 1.85. The van der Waals surface area contributed by atoms with Crippen molar-refractivity contribution >= 4 is 21.6 Å². The average Bonchev–Trinajstić information content (AvgIpc) is 2.64. The third-order valence-corrected chi connectivity index (χ3v) is 5.25.